The van der Waals surface area contributed by atoms with Gasteiger partial charge in [0, 0.05) is 0 Å². The number of benzene rings is 1. The molecule has 0 spiro atoms. The van der Waals surface area contributed by atoms with Crippen molar-refractivity contribution in [1.82, 2.24) is 0 Å². The van der Waals surface area contributed by atoms with Crippen molar-refractivity contribution in [3.05, 3.63) is 59.7 Å². The van der Waals surface area contributed by atoms with Gasteiger partial charge in [-0.15, -0.1) is 12.3 Å². The molecule has 0 atom stereocenters. The summed E-state index contributed by atoms with van der Waals surface area (Å²) in [6.07, 6.45) is 16.7. The fourth-order valence-electron chi connectivity index (χ4n) is 2.02. The highest BCUT2D eigenvalue weighted by atomic mass is 14.1. The molecule has 0 N–H and O–H groups in total. The second-order valence-electron chi connectivity index (χ2n) is 4.99. The Morgan fingerprint density at radius 1 is 1.20 bits per heavy atom. The molecule has 0 unspecified atom stereocenters. The predicted octanol–water partition coefficient (Wildman–Crippen LogP) is 5.90. The summed E-state index contributed by atoms with van der Waals surface area (Å²) in [4.78, 5) is 0. The topological polar surface area (TPSA) is 0 Å². The Kier molecular flexibility index (Phi) is 11.2. The SMILES string of the molecule is C#CC.C/C=C\C=C/CCCc1ccccc1C(C)C. The number of allylic oxidation sites excluding steroid dienone is 4. The van der Waals surface area contributed by atoms with E-state index in [1.165, 1.54) is 24.0 Å². The predicted molar refractivity (Wildman–Crippen MR) is 91.9 cm³/mol. The number of hydrogen-bond donors (Lipinski definition) is 0. The van der Waals surface area contributed by atoms with Gasteiger partial charge in [-0.05, 0) is 50.2 Å². The normalized spacial score (nSPS) is 10.6. The van der Waals surface area contributed by atoms with Crippen molar-refractivity contribution in [2.24, 2.45) is 0 Å². The van der Waals surface area contributed by atoms with Gasteiger partial charge in [-0.3, -0.25) is 0 Å². The lowest BCUT2D eigenvalue weighted by Gasteiger charge is -2.11. The highest BCUT2D eigenvalue weighted by molar-refractivity contribution is 5.29. The third-order valence-electron chi connectivity index (χ3n) is 2.93. The van der Waals surface area contributed by atoms with Gasteiger partial charge < -0.3 is 0 Å². The Morgan fingerprint density at radius 3 is 2.45 bits per heavy atom. The molecule has 0 radical (unpaired) electrons. The summed E-state index contributed by atoms with van der Waals surface area (Å²) in [5.41, 5.74) is 3.02. The summed E-state index contributed by atoms with van der Waals surface area (Å²) in [5.74, 6) is 2.88. The van der Waals surface area contributed by atoms with Crippen LogP contribution in [0.4, 0.5) is 0 Å². The summed E-state index contributed by atoms with van der Waals surface area (Å²) in [6.45, 7) is 8.23. The van der Waals surface area contributed by atoms with Gasteiger partial charge in [0.15, 0.2) is 0 Å². The van der Waals surface area contributed by atoms with E-state index in [2.05, 4.69) is 74.8 Å². The van der Waals surface area contributed by atoms with Gasteiger partial charge >= 0.3 is 0 Å². The molecule has 0 fully saturated rings. The summed E-state index contributed by atoms with van der Waals surface area (Å²) in [6, 6.07) is 8.82. The lowest BCUT2D eigenvalue weighted by molar-refractivity contribution is 0.794. The lowest BCUT2D eigenvalue weighted by atomic mass is 9.94. The molecule has 0 aliphatic carbocycles. The van der Waals surface area contributed by atoms with E-state index in [-0.39, 0.29) is 0 Å². The Hall–Kier alpha value is -1.74. The molecule has 20 heavy (non-hydrogen) atoms. The molecule has 0 bridgehead atoms. The summed E-state index contributed by atoms with van der Waals surface area (Å²) in [7, 11) is 0. The Balaban J connectivity index is 0.00000110. The average Bonchev–Trinajstić information content (AvgIpc) is 2.44. The highest BCUT2D eigenvalue weighted by Crippen LogP contribution is 2.20. The van der Waals surface area contributed by atoms with Crippen LogP contribution in [0.25, 0.3) is 0 Å². The van der Waals surface area contributed by atoms with E-state index in [9.17, 15) is 0 Å². The maximum Gasteiger partial charge on any atom is -0.00297 e. The van der Waals surface area contributed by atoms with Crippen molar-refractivity contribution in [3.8, 4) is 12.3 Å². The van der Waals surface area contributed by atoms with E-state index in [1.807, 2.05) is 6.92 Å². The average molecular weight is 268 g/mol. The number of unbranched alkanes of at least 4 members (excludes halogenated alkanes) is 1. The zero-order chi connectivity index (χ0) is 15.2. The van der Waals surface area contributed by atoms with Gasteiger partial charge in [0.2, 0.25) is 0 Å². The van der Waals surface area contributed by atoms with Crippen LogP contribution in [-0.4, -0.2) is 0 Å². The molecule has 108 valence electrons. The van der Waals surface area contributed by atoms with Crippen LogP contribution in [0, 0.1) is 12.3 Å². The molecule has 0 heterocycles. The van der Waals surface area contributed by atoms with E-state index in [1.54, 1.807) is 6.92 Å². The summed E-state index contributed by atoms with van der Waals surface area (Å²) >= 11 is 0. The summed E-state index contributed by atoms with van der Waals surface area (Å²) < 4.78 is 0. The first-order valence-electron chi connectivity index (χ1n) is 7.40. The first-order chi connectivity index (χ1) is 9.67. The van der Waals surface area contributed by atoms with Gasteiger partial charge in [0.05, 0.1) is 0 Å². The molecule has 0 aromatic heterocycles. The minimum atomic E-state index is 0.629. The molecular weight excluding hydrogens is 240 g/mol. The number of aryl methyl sites for hydroxylation is 1. The molecule has 1 aromatic carbocycles. The smallest absolute Gasteiger partial charge is 0.00297 e. The van der Waals surface area contributed by atoms with Crippen molar-refractivity contribution in [1.29, 1.82) is 0 Å². The standard InChI is InChI=1S/C17H24.C3H4/c1-4-5-6-7-8-9-12-16-13-10-11-14-17(16)15(2)3;1-3-2/h4-7,10-11,13-15H,8-9,12H2,1-3H3;1H,2H3/b5-4-,7-6-;. The van der Waals surface area contributed by atoms with E-state index >= 15 is 0 Å². The third kappa shape index (κ3) is 8.38. The van der Waals surface area contributed by atoms with Crippen LogP contribution in [0.2, 0.25) is 0 Å². The molecule has 0 saturated heterocycles. The van der Waals surface area contributed by atoms with Crippen molar-refractivity contribution < 1.29 is 0 Å². The Morgan fingerprint density at radius 2 is 1.85 bits per heavy atom. The fourth-order valence-corrected chi connectivity index (χ4v) is 2.02. The van der Waals surface area contributed by atoms with E-state index < -0.39 is 0 Å². The van der Waals surface area contributed by atoms with Crippen LogP contribution in [0.1, 0.15) is 57.6 Å². The van der Waals surface area contributed by atoms with E-state index in [0.717, 1.165) is 6.42 Å². The Labute approximate surface area is 125 Å². The minimum Gasteiger partial charge on any atom is -0.120 e. The molecule has 0 saturated carbocycles. The van der Waals surface area contributed by atoms with Crippen molar-refractivity contribution in [2.45, 2.75) is 52.9 Å². The second-order valence-corrected chi connectivity index (χ2v) is 4.99. The van der Waals surface area contributed by atoms with E-state index in [0.29, 0.717) is 5.92 Å². The van der Waals surface area contributed by atoms with Gasteiger partial charge in [-0.2, -0.15) is 0 Å². The first-order valence-corrected chi connectivity index (χ1v) is 7.40. The van der Waals surface area contributed by atoms with Gasteiger partial charge in [-0.1, -0.05) is 62.4 Å². The lowest BCUT2D eigenvalue weighted by Crippen LogP contribution is -1.95. The van der Waals surface area contributed by atoms with Crippen LogP contribution < -0.4 is 0 Å². The van der Waals surface area contributed by atoms with Crippen molar-refractivity contribution >= 4 is 0 Å². The van der Waals surface area contributed by atoms with Crippen LogP contribution in [0.15, 0.2) is 48.6 Å². The minimum absolute atomic E-state index is 0.629. The van der Waals surface area contributed by atoms with Crippen LogP contribution in [0.3, 0.4) is 0 Å². The molecule has 0 nitrogen and oxygen atoms in total. The van der Waals surface area contributed by atoms with Crippen LogP contribution >= 0.6 is 0 Å². The third-order valence-corrected chi connectivity index (χ3v) is 2.93. The highest BCUT2D eigenvalue weighted by Gasteiger charge is 2.04. The molecule has 0 aliphatic heterocycles. The molecule has 0 aliphatic rings. The van der Waals surface area contributed by atoms with Gasteiger partial charge in [0.25, 0.3) is 0 Å². The van der Waals surface area contributed by atoms with Crippen molar-refractivity contribution in [3.63, 3.8) is 0 Å². The molecule has 0 heteroatoms. The van der Waals surface area contributed by atoms with Crippen molar-refractivity contribution in [2.75, 3.05) is 0 Å². The van der Waals surface area contributed by atoms with Gasteiger partial charge in [0.1, 0.15) is 0 Å². The van der Waals surface area contributed by atoms with E-state index in [4.69, 9.17) is 0 Å². The molecule has 1 rings (SSSR count). The largest absolute Gasteiger partial charge is 0.120 e. The number of rotatable bonds is 6. The molecule has 1 aromatic rings. The molecule has 0 amide bonds. The maximum absolute atomic E-state index is 4.60. The van der Waals surface area contributed by atoms with Gasteiger partial charge in [-0.25, -0.2) is 0 Å². The quantitative estimate of drug-likeness (QED) is 0.342. The summed E-state index contributed by atoms with van der Waals surface area (Å²) in [5, 5.41) is 0. The zero-order valence-corrected chi connectivity index (χ0v) is 13.4. The molecular formula is C20H28. The van der Waals surface area contributed by atoms with Crippen LogP contribution in [0.5, 0.6) is 0 Å². The number of terminal acetylenes is 1. The maximum atomic E-state index is 4.60. The van der Waals surface area contributed by atoms with Crippen LogP contribution in [-0.2, 0) is 6.42 Å². The fraction of sp³-hybridized carbons (Fsp3) is 0.400. The second kappa shape index (κ2) is 12.3. The monoisotopic (exact) mass is 268 g/mol. The Bertz CT molecular complexity index is 441. The zero-order valence-electron chi connectivity index (χ0n) is 13.4. The number of hydrogen-bond acceptors (Lipinski definition) is 0. The first kappa shape index (κ1) is 18.3.